The van der Waals surface area contributed by atoms with E-state index in [1.54, 1.807) is 44.4 Å². The Balaban J connectivity index is 1.99. The average molecular weight is 419 g/mol. The van der Waals surface area contributed by atoms with Crippen molar-refractivity contribution in [3.8, 4) is 5.75 Å². The third-order valence-electron chi connectivity index (χ3n) is 4.02. The van der Waals surface area contributed by atoms with Gasteiger partial charge in [-0.3, -0.25) is 9.59 Å². The second-order valence-electron chi connectivity index (χ2n) is 5.85. The van der Waals surface area contributed by atoms with Crippen LogP contribution in [0.1, 0.15) is 23.7 Å². The number of rotatable bonds is 6. The van der Waals surface area contributed by atoms with Gasteiger partial charge in [-0.1, -0.05) is 22.9 Å². The Kier molecular flexibility index (Phi) is 6.49. The summed E-state index contributed by atoms with van der Waals surface area (Å²) in [5.41, 5.74) is 1.31. The predicted octanol–water partition coefficient (Wildman–Crippen LogP) is 4.06. The molecule has 6 nitrogen and oxygen atoms in total. The highest BCUT2D eigenvalue weighted by Crippen LogP contribution is 2.22. The molecule has 0 spiro atoms. The zero-order valence-corrected chi connectivity index (χ0v) is 17.0. The Bertz CT molecular complexity index is 1070. The summed E-state index contributed by atoms with van der Waals surface area (Å²) in [6.07, 6.45) is 0.187. The van der Waals surface area contributed by atoms with Crippen LogP contribution in [-0.4, -0.2) is 30.2 Å². The van der Waals surface area contributed by atoms with Gasteiger partial charge in [-0.25, -0.2) is 0 Å². The van der Waals surface area contributed by atoms with Crippen molar-refractivity contribution in [2.45, 2.75) is 19.9 Å². The quantitative estimate of drug-likeness (QED) is 0.566. The Morgan fingerprint density at radius 3 is 2.61 bits per heavy atom. The van der Waals surface area contributed by atoms with Crippen molar-refractivity contribution in [2.24, 2.45) is 4.99 Å². The fraction of sp³-hybridized carbons (Fsp3) is 0.250. The second-order valence-corrected chi connectivity index (χ2v) is 7.29. The van der Waals surface area contributed by atoms with Crippen LogP contribution in [0.25, 0.3) is 10.2 Å². The maximum atomic E-state index is 12.6. The number of halogens is 1. The first-order chi connectivity index (χ1) is 13.5. The van der Waals surface area contributed by atoms with Gasteiger partial charge in [0, 0.05) is 17.1 Å². The van der Waals surface area contributed by atoms with E-state index in [9.17, 15) is 9.59 Å². The molecule has 2 aromatic carbocycles. The second kappa shape index (κ2) is 9.03. The van der Waals surface area contributed by atoms with Gasteiger partial charge in [-0.15, -0.1) is 0 Å². The van der Waals surface area contributed by atoms with Gasteiger partial charge in [0.1, 0.15) is 5.75 Å². The number of ether oxygens (including phenoxy) is 2. The van der Waals surface area contributed by atoms with Gasteiger partial charge in [0.15, 0.2) is 4.80 Å². The van der Waals surface area contributed by atoms with Gasteiger partial charge in [0.25, 0.3) is 5.91 Å². The first-order valence-electron chi connectivity index (χ1n) is 8.69. The van der Waals surface area contributed by atoms with Crippen molar-refractivity contribution in [1.82, 2.24) is 4.57 Å². The van der Waals surface area contributed by atoms with Crippen LogP contribution in [0.4, 0.5) is 0 Å². The third-order valence-corrected chi connectivity index (χ3v) is 5.30. The van der Waals surface area contributed by atoms with Gasteiger partial charge >= 0.3 is 5.97 Å². The lowest BCUT2D eigenvalue weighted by Gasteiger charge is -2.05. The lowest BCUT2D eigenvalue weighted by atomic mass is 10.2. The van der Waals surface area contributed by atoms with E-state index in [1.807, 2.05) is 16.7 Å². The van der Waals surface area contributed by atoms with Crippen LogP contribution in [0.15, 0.2) is 47.5 Å². The summed E-state index contributed by atoms with van der Waals surface area (Å²) in [5.74, 6) is -0.00140. The van der Waals surface area contributed by atoms with Gasteiger partial charge in [0.2, 0.25) is 0 Å². The Labute approximate surface area is 171 Å². The van der Waals surface area contributed by atoms with Crippen LogP contribution in [0.5, 0.6) is 5.75 Å². The lowest BCUT2D eigenvalue weighted by Crippen LogP contribution is -2.19. The molecule has 1 amide bonds. The number of carbonyl (C=O) groups is 2. The molecule has 0 saturated carbocycles. The average Bonchev–Trinajstić information content (AvgIpc) is 3.02. The van der Waals surface area contributed by atoms with Crippen LogP contribution in [-0.2, 0) is 16.1 Å². The number of aryl methyl sites for hydroxylation is 1. The molecule has 3 aromatic rings. The number of nitrogens with zero attached hydrogens (tertiary/aromatic N) is 2. The highest BCUT2D eigenvalue weighted by Gasteiger charge is 2.12. The fourth-order valence-corrected chi connectivity index (χ4v) is 4.00. The lowest BCUT2D eigenvalue weighted by molar-refractivity contribution is -0.143. The van der Waals surface area contributed by atoms with E-state index in [1.165, 1.54) is 11.3 Å². The van der Waals surface area contributed by atoms with Crippen molar-refractivity contribution in [1.29, 1.82) is 0 Å². The fourth-order valence-electron chi connectivity index (χ4n) is 2.67. The Morgan fingerprint density at radius 2 is 1.93 bits per heavy atom. The minimum absolute atomic E-state index is 0.187. The monoisotopic (exact) mass is 418 g/mol. The SMILES string of the molecule is CCOC(=O)CCn1c(=NC(=O)c2ccc(OC)cc2)sc2cc(Cl)ccc21. The van der Waals surface area contributed by atoms with E-state index >= 15 is 0 Å². The van der Waals surface area contributed by atoms with E-state index in [4.69, 9.17) is 21.1 Å². The Hall–Kier alpha value is -2.64. The zero-order valence-electron chi connectivity index (χ0n) is 15.5. The summed E-state index contributed by atoms with van der Waals surface area (Å²) in [4.78, 5) is 29.2. The van der Waals surface area contributed by atoms with E-state index in [0.717, 1.165) is 10.2 Å². The Morgan fingerprint density at radius 1 is 1.18 bits per heavy atom. The van der Waals surface area contributed by atoms with Crippen molar-refractivity contribution in [2.75, 3.05) is 13.7 Å². The molecule has 0 aliphatic heterocycles. The summed E-state index contributed by atoms with van der Waals surface area (Å²) < 4.78 is 12.8. The van der Waals surface area contributed by atoms with E-state index in [-0.39, 0.29) is 18.3 Å². The molecule has 28 heavy (non-hydrogen) atoms. The molecular formula is C20H19ClN2O4S. The molecule has 0 aliphatic rings. The summed E-state index contributed by atoms with van der Waals surface area (Å²) in [6, 6.07) is 12.2. The van der Waals surface area contributed by atoms with Crippen LogP contribution < -0.4 is 9.54 Å². The number of carbonyl (C=O) groups excluding carboxylic acids is 2. The van der Waals surface area contributed by atoms with Gasteiger partial charge in [-0.05, 0) is 49.4 Å². The van der Waals surface area contributed by atoms with Crippen LogP contribution in [0.2, 0.25) is 5.02 Å². The molecule has 0 N–H and O–H groups in total. The highest BCUT2D eigenvalue weighted by atomic mass is 35.5. The molecule has 146 valence electrons. The molecule has 3 rings (SSSR count). The number of thiazole rings is 1. The number of methoxy groups -OCH3 is 1. The number of benzene rings is 2. The van der Waals surface area contributed by atoms with Crippen molar-refractivity contribution >= 4 is 45.0 Å². The van der Waals surface area contributed by atoms with Gasteiger partial charge in [-0.2, -0.15) is 4.99 Å². The largest absolute Gasteiger partial charge is 0.497 e. The topological polar surface area (TPSA) is 69.9 Å². The molecule has 0 aliphatic carbocycles. The van der Waals surface area contributed by atoms with E-state index in [0.29, 0.717) is 34.3 Å². The van der Waals surface area contributed by atoms with E-state index < -0.39 is 0 Å². The number of esters is 1. The van der Waals surface area contributed by atoms with Crippen molar-refractivity contribution in [3.63, 3.8) is 0 Å². The molecule has 8 heteroatoms. The molecule has 0 radical (unpaired) electrons. The maximum Gasteiger partial charge on any atom is 0.307 e. The van der Waals surface area contributed by atoms with E-state index in [2.05, 4.69) is 4.99 Å². The van der Waals surface area contributed by atoms with Gasteiger partial charge in [0.05, 0.1) is 30.4 Å². The zero-order chi connectivity index (χ0) is 20.1. The summed E-state index contributed by atoms with van der Waals surface area (Å²) in [6.45, 7) is 2.45. The van der Waals surface area contributed by atoms with Crippen molar-refractivity contribution < 1.29 is 19.1 Å². The minimum Gasteiger partial charge on any atom is -0.497 e. The highest BCUT2D eigenvalue weighted by molar-refractivity contribution is 7.16. The normalized spacial score (nSPS) is 11.6. The number of amides is 1. The predicted molar refractivity (Wildman–Crippen MR) is 109 cm³/mol. The number of fused-ring (bicyclic) bond motifs is 1. The molecule has 0 fully saturated rings. The first kappa shape index (κ1) is 20.1. The number of aromatic nitrogens is 1. The van der Waals surface area contributed by atoms with Crippen LogP contribution in [0.3, 0.4) is 0 Å². The van der Waals surface area contributed by atoms with Gasteiger partial charge < -0.3 is 14.0 Å². The molecule has 0 saturated heterocycles. The molecule has 0 unspecified atom stereocenters. The molecular weight excluding hydrogens is 400 g/mol. The third kappa shape index (κ3) is 4.61. The first-order valence-corrected chi connectivity index (χ1v) is 9.89. The van der Waals surface area contributed by atoms with Crippen LogP contribution >= 0.6 is 22.9 Å². The standard InChI is InChI=1S/C20H19ClN2O4S/c1-3-27-18(24)10-11-23-16-9-6-14(21)12-17(16)28-20(23)22-19(25)13-4-7-15(26-2)8-5-13/h4-9,12H,3,10-11H2,1-2H3. The summed E-state index contributed by atoms with van der Waals surface area (Å²) in [5, 5.41) is 0.597. The molecule has 0 atom stereocenters. The van der Waals surface area contributed by atoms with Crippen LogP contribution in [0, 0.1) is 0 Å². The summed E-state index contributed by atoms with van der Waals surface area (Å²) in [7, 11) is 1.57. The maximum absolute atomic E-state index is 12.6. The number of hydrogen-bond acceptors (Lipinski definition) is 5. The molecule has 0 bridgehead atoms. The minimum atomic E-state index is -0.370. The van der Waals surface area contributed by atoms with Crippen molar-refractivity contribution in [3.05, 3.63) is 57.9 Å². The smallest absolute Gasteiger partial charge is 0.307 e. The molecule has 1 heterocycles. The molecule has 1 aromatic heterocycles. The number of hydrogen-bond donors (Lipinski definition) is 0. The summed E-state index contributed by atoms with van der Waals surface area (Å²) >= 11 is 7.44.